The molecule has 8 heteroatoms. The number of carbonyl (C=O) groups is 1. The van der Waals surface area contributed by atoms with E-state index in [1.807, 2.05) is 4.90 Å². The molecule has 0 N–H and O–H groups in total. The van der Waals surface area contributed by atoms with Gasteiger partial charge in [0, 0.05) is 19.2 Å². The SMILES string of the molecule is COc1ccc(COC(=O)c2ccc(N3CCCCC3)c([N+](=O)[O-])c2)cc1F. The Balaban J connectivity index is 1.73. The number of piperidine rings is 1. The number of nitro benzene ring substituents is 1. The van der Waals surface area contributed by atoms with Crippen LogP contribution in [0, 0.1) is 15.9 Å². The number of esters is 1. The third-order valence-corrected chi connectivity index (χ3v) is 4.69. The molecule has 0 spiro atoms. The number of carbonyl (C=O) groups excluding carboxylic acids is 1. The highest BCUT2D eigenvalue weighted by molar-refractivity contribution is 5.91. The summed E-state index contributed by atoms with van der Waals surface area (Å²) in [6, 6.07) is 8.59. The largest absolute Gasteiger partial charge is 0.494 e. The van der Waals surface area contributed by atoms with Gasteiger partial charge in [-0.15, -0.1) is 0 Å². The fourth-order valence-electron chi connectivity index (χ4n) is 3.23. The summed E-state index contributed by atoms with van der Waals surface area (Å²) in [4.78, 5) is 25.3. The second-order valence-electron chi connectivity index (χ2n) is 6.55. The first kappa shape index (κ1) is 19.6. The molecule has 0 saturated carbocycles. The van der Waals surface area contributed by atoms with Gasteiger partial charge in [-0.05, 0) is 49.1 Å². The van der Waals surface area contributed by atoms with Gasteiger partial charge in [0.1, 0.15) is 12.3 Å². The van der Waals surface area contributed by atoms with Gasteiger partial charge in [0.25, 0.3) is 5.69 Å². The first-order valence-corrected chi connectivity index (χ1v) is 9.02. The monoisotopic (exact) mass is 388 g/mol. The quantitative estimate of drug-likeness (QED) is 0.421. The third-order valence-electron chi connectivity index (χ3n) is 4.69. The maximum absolute atomic E-state index is 13.7. The lowest BCUT2D eigenvalue weighted by Gasteiger charge is -2.28. The lowest BCUT2D eigenvalue weighted by atomic mass is 10.1. The second kappa shape index (κ2) is 8.69. The number of methoxy groups -OCH3 is 1. The number of nitro groups is 1. The molecule has 7 nitrogen and oxygen atoms in total. The maximum atomic E-state index is 13.7. The van der Waals surface area contributed by atoms with E-state index in [1.165, 1.54) is 31.4 Å². The van der Waals surface area contributed by atoms with Gasteiger partial charge in [0.05, 0.1) is 17.6 Å². The summed E-state index contributed by atoms with van der Waals surface area (Å²) in [7, 11) is 1.36. The van der Waals surface area contributed by atoms with Crippen LogP contribution in [0.4, 0.5) is 15.8 Å². The molecule has 28 heavy (non-hydrogen) atoms. The number of ether oxygens (including phenoxy) is 2. The van der Waals surface area contributed by atoms with Gasteiger partial charge >= 0.3 is 5.97 Å². The Kier molecular flexibility index (Phi) is 6.08. The van der Waals surface area contributed by atoms with E-state index in [9.17, 15) is 19.3 Å². The number of nitrogens with zero attached hydrogens (tertiary/aromatic N) is 2. The van der Waals surface area contributed by atoms with Crippen LogP contribution >= 0.6 is 0 Å². The molecule has 0 aliphatic carbocycles. The summed E-state index contributed by atoms with van der Waals surface area (Å²) < 4.78 is 23.7. The molecule has 0 atom stereocenters. The lowest BCUT2D eigenvalue weighted by molar-refractivity contribution is -0.384. The van der Waals surface area contributed by atoms with E-state index in [0.29, 0.717) is 11.3 Å². The van der Waals surface area contributed by atoms with Crippen molar-refractivity contribution < 1.29 is 23.6 Å². The van der Waals surface area contributed by atoms with Crippen molar-refractivity contribution in [3.8, 4) is 5.75 Å². The Morgan fingerprint density at radius 3 is 2.57 bits per heavy atom. The van der Waals surface area contributed by atoms with Crippen LogP contribution < -0.4 is 9.64 Å². The van der Waals surface area contributed by atoms with Gasteiger partial charge in [-0.2, -0.15) is 0 Å². The first-order valence-electron chi connectivity index (χ1n) is 9.02. The standard InChI is InChI=1S/C20H21FN2O5/c1-27-19-8-5-14(11-16(19)21)13-28-20(24)15-6-7-17(18(12-15)23(25)26)22-9-3-2-4-10-22/h5-8,11-12H,2-4,9-10,13H2,1H3. The molecule has 0 amide bonds. The van der Waals surface area contributed by atoms with Gasteiger partial charge in [0.2, 0.25) is 0 Å². The molecule has 1 aliphatic rings. The molecule has 0 aromatic heterocycles. The van der Waals surface area contributed by atoms with Crippen molar-refractivity contribution in [2.45, 2.75) is 25.9 Å². The summed E-state index contributed by atoms with van der Waals surface area (Å²) in [5.41, 5.74) is 0.929. The summed E-state index contributed by atoms with van der Waals surface area (Å²) in [6.45, 7) is 1.36. The predicted octanol–water partition coefficient (Wildman–Crippen LogP) is 4.09. The molecule has 2 aromatic carbocycles. The minimum atomic E-state index is -0.704. The molecule has 1 saturated heterocycles. The number of halogens is 1. The van der Waals surface area contributed by atoms with Crippen LogP contribution in [0.5, 0.6) is 5.75 Å². The topological polar surface area (TPSA) is 81.9 Å². The van der Waals surface area contributed by atoms with E-state index >= 15 is 0 Å². The first-order chi connectivity index (χ1) is 13.5. The fraction of sp³-hybridized carbons (Fsp3) is 0.350. The smallest absolute Gasteiger partial charge is 0.338 e. The Morgan fingerprint density at radius 2 is 1.93 bits per heavy atom. The molecular weight excluding hydrogens is 367 g/mol. The molecule has 0 bridgehead atoms. The highest BCUT2D eigenvalue weighted by Gasteiger charge is 2.23. The molecule has 148 valence electrons. The van der Waals surface area contributed by atoms with Gasteiger partial charge in [-0.3, -0.25) is 10.1 Å². The zero-order chi connectivity index (χ0) is 20.1. The Hall–Kier alpha value is -3.16. The van der Waals surface area contributed by atoms with Crippen molar-refractivity contribution in [2.75, 3.05) is 25.1 Å². The summed E-state index contributed by atoms with van der Waals surface area (Å²) in [5, 5.41) is 11.5. The maximum Gasteiger partial charge on any atom is 0.338 e. The Bertz CT molecular complexity index is 881. The average molecular weight is 388 g/mol. The molecule has 0 radical (unpaired) electrons. The number of benzene rings is 2. The molecule has 3 rings (SSSR count). The summed E-state index contributed by atoms with van der Waals surface area (Å²) in [5.74, 6) is -1.17. The van der Waals surface area contributed by atoms with Crippen LogP contribution in [0.25, 0.3) is 0 Å². The van der Waals surface area contributed by atoms with E-state index in [0.717, 1.165) is 32.4 Å². The van der Waals surface area contributed by atoms with Crippen LogP contribution in [0.15, 0.2) is 36.4 Å². The molecule has 1 aliphatic heterocycles. The number of hydrogen-bond donors (Lipinski definition) is 0. The minimum absolute atomic E-state index is 0.0847. The average Bonchev–Trinajstić information content (AvgIpc) is 2.72. The second-order valence-corrected chi connectivity index (χ2v) is 6.55. The fourth-order valence-corrected chi connectivity index (χ4v) is 3.23. The van der Waals surface area contributed by atoms with E-state index < -0.39 is 16.7 Å². The van der Waals surface area contributed by atoms with E-state index in [1.54, 1.807) is 12.1 Å². The van der Waals surface area contributed by atoms with Crippen LogP contribution in [0.2, 0.25) is 0 Å². The van der Waals surface area contributed by atoms with Gasteiger partial charge in [-0.25, -0.2) is 9.18 Å². The number of rotatable bonds is 6. The normalized spacial score (nSPS) is 13.9. The van der Waals surface area contributed by atoms with Crippen LogP contribution in [0.3, 0.4) is 0 Å². The third kappa shape index (κ3) is 4.39. The molecule has 0 unspecified atom stereocenters. The predicted molar refractivity (Wildman–Crippen MR) is 101 cm³/mol. The summed E-state index contributed by atoms with van der Waals surface area (Å²) in [6.07, 6.45) is 3.08. The Morgan fingerprint density at radius 1 is 1.18 bits per heavy atom. The molecule has 2 aromatic rings. The van der Waals surface area contributed by atoms with Crippen LogP contribution in [-0.2, 0) is 11.3 Å². The van der Waals surface area contributed by atoms with E-state index in [2.05, 4.69) is 0 Å². The molecular formula is C20H21FN2O5. The zero-order valence-electron chi connectivity index (χ0n) is 15.5. The van der Waals surface area contributed by atoms with Crippen molar-refractivity contribution in [2.24, 2.45) is 0 Å². The van der Waals surface area contributed by atoms with Crippen LogP contribution in [0.1, 0.15) is 35.2 Å². The van der Waals surface area contributed by atoms with Crippen LogP contribution in [-0.4, -0.2) is 31.1 Å². The van der Waals surface area contributed by atoms with Crippen molar-refractivity contribution in [1.82, 2.24) is 0 Å². The van der Waals surface area contributed by atoms with Gasteiger partial charge in [0.15, 0.2) is 11.6 Å². The van der Waals surface area contributed by atoms with Gasteiger partial charge < -0.3 is 14.4 Å². The minimum Gasteiger partial charge on any atom is -0.494 e. The summed E-state index contributed by atoms with van der Waals surface area (Å²) >= 11 is 0. The van der Waals surface area contributed by atoms with Crippen molar-refractivity contribution in [3.63, 3.8) is 0 Å². The van der Waals surface area contributed by atoms with Crippen molar-refractivity contribution >= 4 is 17.3 Å². The molecule has 1 heterocycles. The number of anilines is 1. The van der Waals surface area contributed by atoms with E-state index in [4.69, 9.17) is 9.47 Å². The van der Waals surface area contributed by atoms with E-state index in [-0.39, 0.29) is 23.6 Å². The van der Waals surface area contributed by atoms with Gasteiger partial charge in [-0.1, -0.05) is 6.07 Å². The highest BCUT2D eigenvalue weighted by atomic mass is 19.1. The molecule has 1 fully saturated rings. The Labute approximate surface area is 161 Å². The van der Waals surface area contributed by atoms with Crippen molar-refractivity contribution in [1.29, 1.82) is 0 Å². The van der Waals surface area contributed by atoms with Crippen molar-refractivity contribution in [3.05, 3.63) is 63.5 Å². The highest BCUT2D eigenvalue weighted by Crippen LogP contribution is 2.31. The number of hydrogen-bond acceptors (Lipinski definition) is 6. The lowest BCUT2D eigenvalue weighted by Crippen LogP contribution is -2.30. The zero-order valence-corrected chi connectivity index (χ0v) is 15.5.